The monoisotopic (exact) mass is 496 g/mol. The molecule has 8 heteroatoms. The summed E-state index contributed by atoms with van der Waals surface area (Å²) in [5.41, 5.74) is 1.92. The molecule has 3 unspecified atom stereocenters. The molecular weight excluding hydrogens is 468 g/mol. The highest BCUT2D eigenvalue weighted by atomic mass is 35.5. The number of anilines is 1. The maximum absolute atomic E-state index is 13.1. The Morgan fingerprint density at radius 2 is 1.91 bits per heavy atom. The number of halogens is 1. The minimum atomic E-state index is -0.795. The second kappa shape index (κ2) is 12.4. The molecule has 1 aliphatic rings. The maximum atomic E-state index is 13.1. The van der Waals surface area contributed by atoms with Gasteiger partial charge in [0.2, 0.25) is 11.8 Å². The summed E-state index contributed by atoms with van der Waals surface area (Å²) in [4.78, 5) is 39.2. The number of amides is 2. The molecule has 35 heavy (non-hydrogen) atoms. The van der Waals surface area contributed by atoms with Crippen molar-refractivity contribution < 1.29 is 23.9 Å². The molecule has 1 saturated heterocycles. The normalized spacial score (nSPS) is 18.3. The quantitative estimate of drug-likeness (QED) is 0.455. The lowest BCUT2D eigenvalue weighted by molar-refractivity contribution is -0.169. The predicted molar refractivity (Wildman–Crippen MR) is 134 cm³/mol. The summed E-state index contributed by atoms with van der Waals surface area (Å²) in [6.45, 7) is 5.12. The second-order valence-electron chi connectivity index (χ2n) is 8.08. The molecule has 2 aromatic rings. The number of nitrogens with zero attached hydrogens (tertiary/aromatic N) is 1. The number of morpholine rings is 1. The zero-order valence-electron chi connectivity index (χ0n) is 20.0. The number of carbonyl (C=O) groups is 3. The first-order chi connectivity index (χ1) is 16.8. The molecule has 1 aliphatic heterocycles. The highest BCUT2D eigenvalue weighted by Crippen LogP contribution is 2.32. The predicted octanol–water partition coefficient (Wildman–Crippen LogP) is 4.35. The average Bonchev–Trinajstić information content (AvgIpc) is 2.83. The molecule has 0 aliphatic carbocycles. The number of rotatable bonds is 7. The van der Waals surface area contributed by atoms with Gasteiger partial charge in [0.1, 0.15) is 24.8 Å². The topological polar surface area (TPSA) is 84.9 Å². The van der Waals surface area contributed by atoms with E-state index in [1.165, 1.54) is 11.8 Å². The molecule has 3 rings (SSSR count). The molecule has 1 heterocycles. The van der Waals surface area contributed by atoms with Crippen LogP contribution in [0.15, 0.2) is 48.5 Å². The van der Waals surface area contributed by atoms with Crippen molar-refractivity contribution in [1.29, 1.82) is 0 Å². The summed E-state index contributed by atoms with van der Waals surface area (Å²) in [7, 11) is 0. The molecule has 1 fully saturated rings. The van der Waals surface area contributed by atoms with Crippen LogP contribution in [0.5, 0.6) is 0 Å². The van der Waals surface area contributed by atoms with Crippen LogP contribution in [0.25, 0.3) is 0 Å². The van der Waals surface area contributed by atoms with Crippen molar-refractivity contribution in [3.8, 4) is 11.8 Å². The molecule has 0 bridgehead atoms. The third-order valence-electron chi connectivity index (χ3n) is 5.51. The molecule has 0 radical (unpaired) electrons. The van der Waals surface area contributed by atoms with E-state index >= 15 is 0 Å². The Bertz CT molecular complexity index is 1120. The SMILES string of the molecule is CCCC(C(=O)OCC)N1C(=O)COC(c2ccc(Cl)cc2)C1C#Cc1ccccc1NC(C)=O. The van der Waals surface area contributed by atoms with Crippen LogP contribution in [0.4, 0.5) is 5.69 Å². The summed E-state index contributed by atoms with van der Waals surface area (Å²) < 4.78 is 11.3. The highest BCUT2D eigenvalue weighted by molar-refractivity contribution is 6.30. The fourth-order valence-corrected chi connectivity index (χ4v) is 4.12. The number of hydrogen-bond donors (Lipinski definition) is 1. The van der Waals surface area contributed by atoms with E-state index in [1.807, 2.05) is 25.1 Å². The van der Waals surface area contributed by atoms with Gasteiger partial charge in [-0.1, -0.05) is 61.1 Å². The molecule has 0 aromatic heterocycles. The van der Waals surface area contributed by atoms with Crippen LogP contribution < -0.4 is 5.32 Å². The fraction of sp³-hybridized carbons (Fsp3) is 0.370. The first-order valence-corrected chi connectivity index (χ1v) is 12.0. The van der Waals surface area contributed by atoms with Crippen LogP contribution in [-0.4, -0.2) is 48.0 Å². The molecule has 0 spiro atoms. The van der Waals surface area contributed by atoms with E-state index in [0.29, 0.717) is 29.1 Å². The number of nitrogens with one attached hydrogen (secondary N) is 1. The van der Waals surface area contributed by atoms with E-state index in [2.05, 4.69) is 17.2 Å². The summed E-state index contributed by atoms with van der Waals surface area (Å²) in [6.07, 6.45) is 0.489. The average molecular weight is 497 g/mol. The van der Waals surface area contributed by atoms with Gasteiger partial charge < -0.3 is 19.7 Å². The van der Waals surface area contributed by atoms with Crippen LogP contribution in [0.3, 0.4) is 0 Å². The zero-order chi connectivity index (χ0) is 25.4. The summed E-state index contributed by atoms with van der Waals surface area (Å²) in [6, 6.07) is 12.7. The lowest BCUT2D eigenvalue weighted by atomic mass is 9.96. The Morgan fingerprint density at radius 1 is 1.20 bits per heavy atom. The van der Waals surface area contributed by atoms with E-state index in [4.69, 9.17) is 21.1 Å². The van der Waals surface area contributed by atoms with Crippen molar-refractivity contribution in [1.82, 2.24) is 4.90 Å². The highest BCUT2D eigenvalue weighted by Gasteiger charge is 2.43. The molecule has 3 atom stereocenters. The van der Waals surface area contributed by atoms with Crippen molar-refractivity contribution in [3.63, 3.8) is 0 Å². The van der Waals surface area contributed by atoms with Gasteiger partial charge in [-0.05, 0) is 43.2 Å². The Balaban J connectivity index is 2.10. The van der Waals surface area contributed by atoms with Gasteiger partial charge in [0.05, 0.1) is 12.3 Å². The van der Waals surface area contributed by atoms with E-state index in [1.54, 1.807) is 37.3 Å². The Morgan fingerprint density at radius 3 is 2.57 bits per heavy atom. The van der Waals surface area contributed by atoms with Crippen molar-refractivity contribution in [2.75, 3.05) is 18.5 Å². The third-order valence-corrected chi connectivity index (χ3v) is 5.76. The summed E-state index contributed by atoms with van der Waals surface area (Å²) in [5, 5.41) is 3.34. The van der Waals surface area contributed by atoms with Crippen LogP contribution >= 0.6 is 11.6 Å². The zero-order valence-corrected chi connectivity index (χ0v) is 20.8. The number of ether oxygens (including phenoxy) is 2. The van der Waals surface area contributed by atoms with E-state index in [9.17, 15) is 14.4 Å². The first kappa shape index (κ1) is 26.3. The lowest BCUT2D eigenvalue weighted by Crippen LogP contribution is -2.57. The Hall–Kier alpha value is -3.34. The van der Waals surface area contributed by atoms with Gasteiger partial charge in [0.15, 0.2) is 0 Å². The van der Waals surface area contributed by atoms with Gasteiger partial charge in [-0.3, -0.25) is 9.59 Å². The maximum Gasteiger partial charge on any atom is 0.328 e. The molecule has 1 N–H and O–H groups in total. The van der Waals surface area contributed by atoms with Crippen molar-refractivity contribution in [2.45, 2.75) is 51.8 Å². The number of para-hydroxylation sites is 1. The minimum absolute atomic E-state index is 0.187. The van der Waals surface area contributed by atoms with Crippen LogP contribution in [0.1, 0.15) is 50.8 Å². The largest absolute Gasteiger partial charge is 0.464 e. The summed E-state index contributed by atoms with van der Waals surface area (Å²) >= 11 is 6.08. The minimum Gasteiger partial charge on any atom is -0.464 e. The Labute approximate surface area is 210 Å². The van der Waals surface area contributed by atoms with Crippen molar-refractivity contribution in [3.05, 3.63) is 64.7 Å². The van der Waals surface area contributed by atoms with Gasteiger partial charge >= 0.3 is 5.97 Å². The number of hydrogen-bond acceptors (Lipinski definition) is 5. The molecule has 0 saturated carbocycles. The lowest BCUT2D eigenvalue weighted by Gasteiger charge is -2.42. The smallest absolute Gasteiger partial charge is 0.328 e. The number of esters is 1. The second-order valence-corrected chi connectivity index (χ2v) is 8.52. The molecule has 184 valence electrons. The molecule has 2 aromatic carbocycles. The third kappa shape index (κ3) is 6.62. The van der Waals surface area contributed by atoms with Crippen LogP contribution in [-0.2, 0) is 23.9 Å². The van der Waals surface area contributed by atoms with E-state index in [0.717, 1.165) is 5.56 Å². The molecule has 2 amide bonds. The fourth-order valence-electron chi connectivity index (χ4n) is 4.00. The number of benzene rings is 2. The molecular formula is C27H29ClN2O5. The van der Waals surface area contributed by atoms with Crippen LogP contribution in [0.2, 0.25) is 5.02 Å². The summed E-state index contributed by atoms with van der Waals surface area (Å²) in [5.74, 6) is 5.24. The van der Waals surface area contributed by atoms with Gasteiger partial charge in [-0.2, -0.15) is 0 Å². The number of carbonyl (C=O) groups excluding carboxylic acids is 3. The van der Waals surface area contributed by atoms with E-state index < -0.39 is 24.2 Å². The van der Waals surface area contributed by atoms with Gasteiger partial charge in [-0.25, -0.2) is 4.79 Å². The molecule has 7 nitrogen and oxygen atoms in total. The van der Waals surface area contributed by atoms with Gasteiger partial charge in [-0.15, -0.1) is 0 Å². The standard InChI is InChI=1S/C27H29ClN2O5/c1-4-8-24(27(33)34-5-2)30-23(16-13-19-9-6-7-10-22(19)29-18(3)31)26(35-17-25(30)32)20-11-14-21(28)15-12-20/h6-7,9-12,14-15,23-24,26H,4-5,8,17H2,1-3H3,(H,29,31). The Kier molecular flexibility index (Phi) is 9.30. The van der Waals surface area contributed by atoms with Crippen molar-refractivity contribution >= 4 is 35.1 Å². The first-order valence-electron chi connectivity index (χ1n) is 11.6. The van der Waals surface area contributed by atoms with Crippen LogP contribution in [0, 0.1) is 11.8 Å². The van der Waals surface area contributed by atoms with Gasteiger partial charge in [0, 0.05) is 17.5 Å². The van der Waals surface area contributed by atoms with Crippen molar-refractivity contribution in [2.24, 2.45) is 0 Å². The van der Waals surface area contributed by atoms with Gasteiger partial charge in [0.25, 0.3) is 0 Å². The van der Waals surface area contributed by atoms with E-state index in [-0.39, 0.29) is 25.0 Å².